The molecule has 1 N–H and O–H groups in total. The van der Waals surface area contributed by atoms with E-state index in [1.54, 1.807) is 0 Å². The summed E-state index contributed by atoms with van der Waals surface area (Å²) >= 11 is 1.93. The Bertz CT molecular complexity index is 67.3. The third kappa shape index (κ3) is 2.59. The monoisotopic (exact) mass is 146 g/mol. The van der Waals surface area contributed by atoms with Crippen LogP contribution < -0.4 is 0 Å². The van der Waals surface area contributed by atoms with Crippen molar-refractivity contribution in [3.8, 4) is 0 Å². The maximum Gasteiger partial charge on any atom is 0.0550 e. The molecule has 0 spiro atoms. The summed E-state index contributed by atoms with van der Waals surface area (Å²) in [6, 6.07) is 0. The maximum absolute atomic E-state index is 8.80. The van der Waals surface area contributed by atoms with Gasteiger partial charge in [0.05, 0.1) is 6.61 Å². The Morgan fingerprint density at radius 3 is 3.00 bits per heavy atom. The fourth-order valence-electron chi connectivity index (χ4n) is 1.13. The lowest BCUT2D eigenvalue weighted by molar-refractivity contribution is 0.289. The molecule has 9 heavy (non-hydrogen) atoms. The van der Waals surface area contributed by atoms with E-state index in [0.717, 1.165) is 0 Å². The van der Waals surface area contributed by atoms with Crippen molar-refractivity contribution in [3.05, 3.63) is 0 Å². The van der Waals surface area contributed by atoms with Gasteiger partial charge >= 0.3 is 0 Å². The minimum atomic E-state index is 0.380. The number of hydrogen-bond acceptors (Lipinski definition) is 2. The first kappa shape index (κ1) is 7.42. The summed E-state index contributed by atoms with van der Waals surface area (Å²) in [6.45, 7) is 0.380. The van der Waals surface area contributed by atoms with Gasteiger partial charge in [-0.1, -0.05) is 12.8 Å². The van der Waals surface area contributed by atoms with E-state index < -0.39 is 0 Å². The van der Waals surface area contributed by atoms with Gasteiger partial charge in [-0.15, -0.1) is 0 Å². The van der Waals surface area contributed by atoms with Gasteiger partial charge in [0.2, 0.25) is 0 Å². The summed E-state index contributed by atoms with van der Waals surface area (Å²) in [6.07, 6.45) is 5.25. The van der Waals surface area contributed by atoms with Crippen LogP contribution in [0, 0.1) is 0 Å². The van der Waals surface area contributed by atoms with Gasteiger partial charge in [-0.05, 0) is 18.6 Å². The Labute approximate surface area is 60.8 Å². The molecule has 0 amide bonds. The minimum absolute atomic E-state index is 0.380. The third-order valence-corrected chi connectivity index (χ3v) is 3.11. The van der Waals surface area contributed by atoms with Gasteiger partial charge in [0.25, 0.3) is 0 Å². The highest BCUT2D eigenvalue weighted by atomic mass is 32.2. The van der Waals surface area contributed by atoms with Crippen molar-refractivity contribution in [3.63, 3.8) is 0 Å². The van der Waals surface area contributed by atoms with E-state index >= 15 is 0 Å². The molecule has 2 heteroatoms. The molecule has 0 aromatic rings. The van der Waals surface area contributed by atoms with E-state index in [2.05, 4.69) is 0 Å². The first-order valence-corrected chi connectivity index (χ1v) is 4.71. The van der Waals surface area contributed by atoms with Gasteiger partial charge in [0.1, 0.15) is 0 Å². The van der Waals surface area contributed by atoms with Crippen molar-refractivity contribution < 1.29 is 5.11 Å². The van der Waals surface area contributed by atoms with Crippen LogP contribution in [-0.2, 0) is 0 Å². The number of aliphatic hydroxyl groups excluding tert-OH is 1. The smallest absolute Gasteiger partial charge is 0.0550 e. The number of aliphatic hydroxyl groups is 1. The van der Waals surface area contributed by atoms with Crippen LogP contribution in [0.3, 0.4) is 0 Å². The SMILES string of the molecule is OCC1CCCCCS1. The highest BCUT2D eigenvalue weighted by Gasteiger charge is 2.09. The van der Waals surface area contributed by atoms with Crippen molar-refractivity contribution in [1.82, 2.24) is 0 Å². The fourth-order valence-corrected chi connectivity index (χ4v) is 2.27. The van der Waals surface area contributed by atoms with Crippen LogP contribution in [0.25, 0.3) is 0 Å². The molecule has 54 valence electrons. The van der Waals surface area contributed by atoms with E-state index in [9.17, 15) is 0 Å². The average Bonchev–Trinajstić information content (AvgIpc) is 2.13. The molecule has 0 bridgehead atoms. The first-order valence-electron chi connectivity index (χ1n) is 3.66. The van der Waals surface area contributed by atoms with Crippen LogP contribution in [0.1, 0.15) is 25.7 Å². The molecule has 1 atom stereocenters. The van der Waals surface area contributed by atoms with Crippen LogP contribution >= 0.6 is 11.8 Å². The molecule has 1 fully saturated rings. The van der Waals surface area contributed by atoms with Crippen LogP contribution in [0.5, 0.6) is 0 Å². The molecule has 0 aliphatic carbocycles. The third-order valence-electron chi connectivity index (χ3n) is 1.73. The topological polar surface area (TPSA) is 20.2 Å². The van der Waals surface area contributed by atoms with Crippen LogP contribution in [0.4, 0.5) is 0 Å². The molecule has 1 aliphatic rings. The summed E-state index contributed by atoms with van der Waals surface area (Å²) in [5, 5.41) is 9.34. The lowest BCUT2D eigenvalue weighted by atomic mass is 10.2. The zero-order valence-corrected chi connectivity index (χ0v) is 6.49. The van der Waals surface area contributed by atoms with Crippen molar-refractivity contribution in [1.29, 1.82) is 0 Å². The Balaban J connectivity index is 2.18. The minimum Gasteiger partial charge on any atom is -0.395 e. The summed E-state index contributed by atoms with van der Waals surface area (Å²) in [7, 11) is 0. The molecule has 1 aliphatic heterocycles. The molecule has 1 nitrogen and oxygen atoms in total. The van der Waals surface area contributed by atoms with Crippen LogP contribution in [-0.4, -0.2) is 22.7 Å². The number of thioether (sulfide) groups is 1. The molecule has 0 radical (unpaired) electrons. The lowest BCUT2D eigenvalue weighted by Crippen LogP contribution is -2.06. The molecular formula is C7H14OS. The molecule has 1 saturated heterocycles. The van der Waals surface area contributed by atoms with Gasteiger partial charge in [-0.25, -0.2) is 0 Å². The van der Waals surface area contributed by atoms with E-state index in [4.69, 9.17) is 5.11 Å². The van der Waals surface area contributed by atoms with Gasteiger partial charge in [-0.2, -0.15) is 11.8 Å². The van der Waals surface area contributed by atoms with Gasteiger partial charge in [0.15, 0.2) is 0 Å². The zero-order valence-electron chi connectivity index (χ0n) is 5.68. The predicted molar refractivity (Wildman–Crippen MR) is 41.8 cm³/mol. The second kappa shape index (κ2) is 4.18. The van der Waals surface area contributed by atoms with Gasteiger partial charge in [0, 0.05) is 5.25 Å². The second-order valence-electron chi connectivity index (χ2n) is 2.52. The molecule has 1 unspecified atom stereocenters. The Morgan fingerprint density at radius 2 is 2.22 bits per heavy atom. The summed E-state index contributed by atoms with van der Waals surface area (Å²) < 4.78 is 0. The quantitative estimate of drug-likeness (QED) is 0.607. The van der Waals surface area contributed by atoms with Gasteiger partial charge in [-0.3, -0.25) is 0 Å². The van der Waals surface area contributed by atoms with Crippen molar-refractivity contribution in [2.45, 2.75) is 30.9 Å². The molecule has 0 aromatic heterocycles. The molecule has 0 saturated carbocycles. The summed E-state index contributed by atoms with van der Waals surface area (Å²) in [5.74, 6) is 1.26. The maximum atomic E-state index is 8.80. The number of hydrogen-bond donors (Lipinski definition) is 1. The van der Waals surface area contributed by atoms with Crippen LogP contribution in [0.2, 0.25) is 0 Å². The summed E-state index contributed by atoms with van der Waals surface area (Å²) in [4.78, 5) is 0. The Kier molecular flexibility index (Phi) is 3.44. The average molecular weight is 146 g/mol. The fraction of sp³-hybridized carbons (Fsp3) is 1.00. The highest BCUT2D eigenvalue weighted by molar-refractivity contribution is 7.99. The predicted octanol–water partition coefficient (Wildman–Crippen LogP) is 1.65. The van der Waals surface area contributed by atoms with Gasteiger partial charge < -0.3 is 5.11 Å². The largest absolute Gasteiger partial charge is 0.395 e. The first-order chi connectivity index (χ1) is 4.43. The van der Waals surface area contributed by atoms with E-state index in [1.807, 2.05) is 11.8 Å². The van der Waals surface area contributed by atoms with E-state index in [1.165, 1.54) is 31.4 Å². The molecule has 0 aromatic carbocycles. The van der Waals surface area contributed by atoms with Crippen molar-refractivity contribution in [2.75, 3.05) is 12.4 Å². The van der Waals surface area contributed by atoms with Crippen molar-refractivity contribution >= 4 is 11.8 Å². The lowest BCUT2D eigenvalue weighted by Gasteiger charge is -2.07. The number of rotatable bonds is 1. The molecule has 1 heterocycles. The van der Waals surface area contributed by atoms with E-state index in [0.29, 0.717) is 11.9 Å². The van der Waals surface area contributed by atoms with E-state index in [-0.39, 0.29) is 0 Å². The van der Waals surface area contributed by atoms with Crippen LogP contribution in [0.15, 0.2) is 0 Å². The Morgan fingerprint density at radius 1 is 1.33 bits per heavy atom. The normalized spacial score (nSPS) is 29.7. The van der Waals surface area contributed by atoms with Crippen molar-refractivity contribution in [2.24, 2.45) is 0 Å². The Hall–Kier alpha value is 0.310. The summed E-state index contributed by atoms with van der Waals surface area (Å²) in [5.41, 5.74) is 0. The molecular weight excluding hydrogens is 132 g/mol. The standard InChI is InChI=1S/C7H14OS/c8-6-7-4-2-1-3-5-9-7/h7-8H,1-6H2. The zero-order chi connectivity index (χ0) is 6.53. The second-order valence-corrected chi connectivity index (χ2v) is 3.93. The highest BCUT2D eigenvalue weighted by Crippen LogP contribution is 2.23. The molecule has 1 rings (SSSR count).